The molecule has 0 amide bonds. The molecule has 4 nitrogen and oxygen atoms in total. The standard InChI is InChI=1S/C16H21N3OS/c20-14-8-12(9-14)16-17-15(11-6-7-21-10-11)18-19(16)13-4-2-1-3-5-13/h6-7,10,12-14,20H,1-5,8-9H2. The summed E-state index contributed by atoms with van der Waals surface area (Å²) >= 11 is 1.68. The molecule has 2 aliphatic carbocycles. The topological polar surface area (TPSA) is 50.9 Å². The van der Waals surface area contributed by atoms with E-state index in [0.29, 0.717) is 12.0 Å². The second-order valence-electron chi connectivity index (χ2n) is 6.36. The van der Waals surface area contributed by atoms with Crippen molar-refractivity contribution in [2.45, 2.75) is 63.0 Å². The predicted molar refractivity (Wildman–Crippen MR) is 83.4 cm³/mol. The molecule has 4 rings (SSSR count). The van der Waals surface area contributed by atoms with E-state index >= 15 is 0 Å². The molecule has 0 unspecified atom stereocenters. The Morgan fingerprint density at radius 2 is 2.00 bits per heavy atom. The molecule has 2 aromatic rings. The van der Waals surface area contributed by atoms with Crippen LogP contribution in [0, 0.1) is 0 Å². The first-order chi connectivity index (χ1) is 10.3. The van der Waals surface area contributed by atoms with Crippen molar-refractivity contribution in [3.63, 3.8) is 0 Å². The van der Waals surface area contributed by atoms with Gasteiger partial charge in [-0.05, 0) is 37.1 Å². The molecule has 0 aromatic carbocycles. The molecule has 5 heteroatoms. The van der Waals surface area contributed by atoms with Crippen molar-refractivity contribution in [1.29, 1.82) is 0 Å². The third-order valence-corrected chi connectivity index (χ3v) is 5.52. The van der Waals surface area contributed by atoms with Gasteiger partial charge in [-0.1, -0.05) is 19.3 Å². The van der Waals surface area contributed by atoms with Crippen LogP contribution in [-0.2, 0) is 0 Å². The van der Waals surface area contributed by atoms with Crippen LogP contribution in [0.3, 0.4) is 0 Å². The molecule has 0 bridgehead atoms. The maximum Gasteiger partial charge on any atom is 0.182 e. The molecule has 112 valence electrons. The summed E-state index contributed by atoms with van der Waals surface area (Å²) in [5, 5.41) is 18.6. The van der Waals surface area contributed by atoms with Crippen LogP contribution < -0.4 is 0 Å². The molecule has 0 aliphatic heterocycles. The van der Waals surface area contributed by atoms with Crippen LogP contribution in [0.25, 0.3) is 11.4 Å². The van der Waals surface area contributed by atoms with Gasteiger partial charge in [0.1, 0.15) is 5.82 Å². The zero-order chi connectivity index (χ0) is 14.2. The van der Waals surface area contributed by atoms with Gasteiger partial charge in [-0.15, -0.1) is 0 Å². The summed E-state index contributed by atoms with van der Waals surface area (Å²) in [6.07, 6.45) is 7.92. The van der Waals surface area contributed by atoms with Gasteiger partial charge < -0.3 is 5.11 Å². The van der Waals surface area contributed by atoms with Crippen LogP contribution in [0.5, 0.6) is 0 Å². The monoisotopic (exact) mass is 303 g/mol. The molecule has 21 heavy (non-hydrogen) atoms. The van der Waals surface area contributed by atoms with Crippen molar-refractivity contribution < 1.29 is 5.11 Å². The van der Waals surface area contributed by atoms with Gasteiger partial charge in [-0.25, -0.2) is 9.67 Å². The molecule has 1 N–H and O–H groups in total. The number of hydrogen-bond donors (Lipinski definition) is 1. The number of hydrogen-bond acceptors (Lipinski definition) is 4. The Kier molecular flexibility index (Phi) is 3.55. The highest BCUT2D eigenvalue weighted by atomic mass is 32.1. The van der Waals surface area contributed by atoms with Crippen LogP contribution in [0.4, 0.5) is 0 Å². The summed E-state index contributed by atoms with van der Waals surface area (Å²) in [4.78, 5) is 4.83. The zero-order valence-corrected chi connectivity index (χ0v) is 12.9. The Morgan fingerprint density at radius 1 is 1.19 bits per heavy atom. The Bertz CT molecular complexity index is 595. The molecule has 2 fully saturated rings. The number of nitrogens with zero attached hydrogens (tertiary/aromatic N) is 3. The number of aromatic nitrogens is 3. The minimum absolute atomic E-state index is 0.142. The second kappa shape index (κ2) is 5.54. The Balaban J connectivity index is 1.68. The van der Waals surface area contributed by atoms with Gasteiger partial charge in [0, 0.05) is 16.9 Å². The van der Waals surface area contributed by atoms with Crippen molar-refractivity contribution in [2.75, 3.05) is 0 Å². The fourth-order valence-corrected chi connectivity index (χ4v) is 4.15. The molecule has 0 saturated heterocycles. The highest BCUT2D eigenvalue weighted by molar-refractivity contribution is 7.08. The van der Waals surface area contributed by atoms with Gasteiger partial charge >= 0.3 is 0 Å². The number of aliphatic hydroxyl groups excluding tert-OH is 1. The maximum absolute atomic E-state index is 9.62. The Labute approximate surface area is 128 Å². The van der Waals surface area contributed by atoms with Crippen LogP contribution in [0.15, 0.2) is 16.8 Å². The van der Waals surface area contributed by atoms with E-state index in [1.165, 1.54) is 32.1 Å². The molecule has 0 radical (unpaired) electrons. The van der Waals surface area contributed by atoms with Crippen molar-refractivity contribution in [3.8, 4) is 11.4 Å². The van der Waals surface area contributed by atoms with Crippen LogP contribution >= 0.6 is 11.3 Å². The van der Waals surface area contributed by atoms with E-state index < -0.39 is 0 Å². The zero-order valence-electron chi connectivity index (χ0n) is 12.1. The highest BCUT2D eigenvalue weighted by Crippen LogP contribution is 2.39. The van der Waals surface area contributed by atoms with Crippen molar-refractivity contribution >= 4 is 11.3 Å². The lowest BCUT2D eigenvalue weighted by atomic mass is 9.81. The fraction of sp³-hybridized carbons (Fsp3) is 0.625. The third-order valence-electron chi connectivity index (χ3n) is 4.84. The Morgan fingerprint density at radius 3 is 2.67 bits per heavy atom. The average Bonchev–Trinajstić information content (AvgIpc) is 3.14. The molecule has 0 atom stereocenters. The van der Waals surface area contributed by atoms with E-state index in [-0.39, 0.29) is 6.10 Å². The van der Waals surface area contributed by atoms with Gasteiger partial charge in [0.25, 0.3) is 0 Å². The lowest BCUT2D eigenvalue weighted by Gasteiger charge is -2.32. The molecule has 0 spiro atoms. The van der Waals surface area contributed by atoms with Gasteiger partial charge in [-0.3, -0.25) is 0 Å². The van der Waals surface area contributed by atoms with E-state index in [1.807, 2.05) is 0 Å². The van der Waals surface area contributed by atoms with E-state index in [0.717, 1.165) is 30.1 Å². The predicted octanol–water partition coefficient (Wildman–Crippen LogP) is 3.75. The Hall–Kier alpha value is -1.20. The van der Waals surface area contributed by atoms with E-state index in [9.17, 15) is 5.11 Å². The first-order valence-corrected chi connectivity index (χ1v) is 8.92. The van der Waals surface area contributed by atoms with Crippen LogP contribution in [0.1, 0.15) is 62.7 Å². The van der Waals surface area contributed by atoms with E-state index in [1.54, 1.807) is 11.3 Å². The van der Waals surface area contributed by atoms with Gasteiger partial charge in [-0.2, -0.15) is 16.4 Å². The molecular formula is C16H21N3OS. The lowest BCUT2D eigenvalue weighted by Crippen LogP contribution is -2.30. The fourth-order valence-electron chi connectivity index (χ4n) is 3.52. The lowest BCUT2D eigenvalue weighted by molar-refractivity contribution is 0.0687. The second-order valence-corrected chi connectivity index (χ2v) is 7.14. The van der Waals surface area contributed by atoms with Gasteiger partial charge in [0.05, 0.1) is 12.1 Å². The maximum atomic E-state index is 9.62. The smallest absolute Gasteiger partial charge is 0.182 e. The van der Waals surface area contributed by atoms with Gasteiger partial charge in [0.2, 0.25) is 0 Å². The molecule has 2 aliphatic rings. The summed E-state index contributed by atoms with van der Waals surface area (Å²) in [6, 6.07) is 2.59. The van der Waals surface area contributed by atoms with Gasteiger partial charge in [0.15, 0.2) is 5.82 Å². The van der Waals surface area contributed by atoms with E-state index in [4.69, 9.17) is 10.1 Å². The SMILES string of the molecule is OC1CC(c2nc(-c3ccsc3)nn2C2CCCCC2)C1. The molecule has 2 saturated carbocycles. The van der Waals surface area contributed by atoms with Crippen LogP contribution in [0.2, 0.25) is 0 Å². The normalized spacial score (nSPS) is 26.7. The minimum atomic E-state index is -0.142. The average molecular weight is 303 g/mol. The summed E-state index contributed by atoms with van der Waals surface area (Å²) in [5.41, 5.74) is 1.12. The summed E-state index contributed by atoms with van der Waals surface area (Å²) in [6.45, 7) is 0. The molecule has 2 aromatic heterocycles. The number of rotatable bonds is 3. The summed E-state index contributed by atoms with van der Waals surface area (Å²) < 4.78 is 2.20. The first-order valence-electron chi connectivity index (χ1n) is 7.98. The largest absolute Gasteiger partial charge is 0.393 e. The minimum Gasteiger partial charge on any atom is -0.393 e. The molecule has 2 heterocycles. The molecular weight excluding hydrogens is 282 g/mol. The summed E-state index contributed by atoms with van der Waals surface area (Å²) in [7, 11) is 0. The first kappa shape index (κ1) is 13.5. The number of aliphatic hydroxyl groups is 1. The van der Waals surface area contributed by atoms with Crippen molar-refractivity contribution in [1.82, 2.24) is 14.8 Å². The summed E-state index contributed by atoms with van der Waals surface area (Å²) in [5.74, 6) is 2.36. The number of thiophene rings is 1. The van der Waals surface area contributed by atoms with Crippen molar-refractivity contribution in [3.05, 3.63) is 22.7 Å². The quantitative estimate of drug-likeness (QED) is 0.939. The van der Waals surface area contributed by atoms with E-state index in [2.05, 4.69) is 21.5 Å². The van der Waals surface area contributed by atoms with Crippen LogP contribution in [-0.4, -0.2) is 26.0 Å². The van der Waals surface area contributed by atoms with Crippen molar-refractivity contribution in [2.24, 2.45) is 0 Å². The third kappa shape index (κ3) is 2.53. The highest BCUT2D eigenvalue weighted by Gasteiger charge is 2.34.